The highest BCUT2D eigenvalue weighted by atomic mass is 79.9. The second-order valence-corrected chi connectivity index (χ2v) is 6.40. The standard InChI is InChI=1S/C14H19BrN2O2/c1-9-3-4-11(5-9)8-16-13-6-10(2)14(17(18)19)7-12(13)15/h6-7,9,11,16H,3-5,8H2,1-2H3. The normalized spacial score (nSPS) is 22.5. The summed E-state index contributed by atoms with van der Waals surface area (Å²) < 4.78 is 0.760. The number of nitrogens with one attached hydrogen (secondary N) is 1. The fraction of sp³-hybridized carbons (Fsp3) is 0.571. The summed E-state index contributed by atoms with van der Waals surface area (Å²) in [6, 6.07) is 3.43. The number of hydrogen-bond acceptors (Lipinski definition) is 3. The van der Waals surface area contributed by atoms with Gasteiger partial charge in [-0.1, -0.05) is 13.3 Å². The molecule has 1 fully saturated rings. The van der Waals surface area contributed by atoms with E-state index in [2.05, 4.69) is 28.2 Å². The monoisotopic (exact) mass is 326 g/mol. The molecule has 1 aliphatic carbocycles. The van der Waals surface area contributed by atoms with Crippen LogP contribution in [0.3, 0.4) is 0 Å². The van der Waals surface area contributed by atoms with Crippen molar-refractivity contribution in [1.82, 2.24) is 0 Å². The van der Waals surface area contributed by atoms with E-state index in [1.165, 1.54) is 19.3 Å². The van der Waals surface area contributed by atoms with Gasteiger partial charge in [0.2, 0.25) is 0 Å². The molecule has 0 heterocycles. The molecule has 1 aromatic carbocycles. The third kappa shape index (κ3) is 3.47. The van der Waals surface area contributed by atoms with Gasteiger partial charge in [-0.3, -0.25) is 10.1 Å². The van der Waals surface area contributed by atoms with Gasteiger partial charge in [-0.15, -0.1) is 0 Å². The Morgan fingerprint density at radius 1 is 1.47 bits per heavy atom. The Kier molecular flexibility index (Phi) is 4.45. The maximum absolute atomic E-state index is 10.9. The minimum Gasteiger partial charge on any atom is -0.384 e. The zero-order valence-corrected chi connectivity index (χ0v) is 12.9. The van der Waals surface area contributed by atoms with Gasteiger partial charge in [0, 0.05) is 28.3 Å². The Balaban J connectivity index is 2.04. The van der Waals surface area contributed by atoms with E-state index in [4.69, 9.17) is 0 Å². The van der Waals surface area contributed by atoms with Crippen molar-refractivity contribution in [3.63, 3.8) is 0 Å². The van der Waals surface area contributed by atoms with Gasteiger partial charge in [-0.05, 0) is 53.6 Å². The molecule has 2 atom stereocenters. The van der Waals surface area contributed by atoms with E-state index in [1.807, 2.05) is 6.07 Å². The minimum atomic E-state index is -0.345. The molecule has 0 amide bonds. The van der Waals surface area contributed by atoms with Crippen molar-refractivity contribution in [3.8, 4) is 0 Å². The van der Waals surface area contributed by atoms with Crippen molar-refractivity contribution in [1.29, 1.82) is 0 Å². The fourth-order valence-electron chi connectivity index (χ4n) is 2.77. The molecule has 5 heteroatoms. The van der Waals surface area contributed by atoms with Crippen LogP contribution in [0.4, 0.5) is 11.4 Å². The van der Waals surface area contributed by atoms with Crippen LogP contribution >= 0.6 is 15.9 Å². The number of aryl methyl sites for hydroxylation is 1. The minimum absolute atomic E-state index is 0.159. The molecule has 0 aromatic heterocycles. The summed E-state index contributed by atoms with van der Waals surface area (Å²) in [6.45, 7) is 5.01. The van der Waals surface area contributed by atoms with Gasteiger partial charge >= 0.3 is 0 Å². The summed E-state index contributed by atoms with van der Waals surface area (Å²) >= 11 is 3.40. The number of halogens is 1. The molecule has 1 aromatic rings. The van der Waals surface area contributed by atoms with Crippen LogP contribution in [0.2, 0.25) is 0 Å². The van der Waals surface area contributed by atoms with Gasteiger partial charge in [-0.25, -0.2) is 0 Å². The van der Waals surface area contributed by atoms with Crippen LogP contribution in [-0.2, 0) is 0 Å². The number of nitrogens with zero attached hydrogens (tertiary/aromatic N) is 1. The van der Waals surface area contributed by atoms with E-state index in [-0.39, 0.29) is 10.6 Å². The van der Waals surface area contributed by atoms with Crippen molar-refractivity contribution in [2.75, 3.05) is 11.9 Å². The maximum Gasteiger partial charge on any atom is 0.273 e. The Morgan fingerprint density at radius 2 is 2.21 bits per heavy atom. The zero-order chi connectivity index (χ0) is 14.0. The van der Waals surface area contributed by atoms with E-state index in [1.54, 1.807) is 13.0 Å². The average Bonchev–Trinajstić information content (AvgIpc) is 2.75. The lowest BCUT2D eigenvalue weighted by Crippen LogP contribution is -2.12. The van der Waals surface area contributed by atoms with Crippen LogP contribution in [0, 0.1) is 28.9 Å². The third-order valence-corrected chi connectivity index (χ3v) is 4.52. The molecule has 2 unspecified atom stereocenters. The van der Waals surface area contributed by atoms with Crippen LogP contribution < -0.4 is 5.32 Å². The molecule has 0 saturated heterocycles. The van der Waals surface area contributed by atoms with Crippen molar-refractivity contribution in [3.05, 3.63) is 32.3 Å². The Labute approximate surface area is 121 Å². The van der Waals surface area contributed by atoms with Crippen molar-refractivity contribution < 1.29 is 4.92 Å². The molecule has 1 saturated carbocycles. The molecule has 0 radical (unpaired) electrons. The van der Waals surface area contributed by atoms with E-state index in [9.17, 15) is 10.1 Å². The largest absolute Gasteiger partial charge is 0.384 e. The summed E-state index contributed by atoms with van der Waals surface area (Å²) in [4.78, 5) is 10.5. The number of nitro benzene ring substituents is 1. The lowest BCUT2D eigenvalue weighted by molar-refractivity contribution is -0.385. The predicted octanol–water partition coefficient (Wildman–Crippen LogP) is 4.51. The maximum atomic E-state index is 10.9. The molecule has 0 spiro atoms. The van der Waals surface area contributed by atoms with Gasteiger partial charge < -0.3 is 5.32 Å². The molecule has 4 nitrogen and oxygen atoms in total. The Morgan fingerprint density at radius 3 is 2.79 bits per heavy atom. The highest BCUT2D eigenvalue weighted by molar-refractivity contribution is 9.10. The van der Waals surface area contributed by atoms with Crippen molar-refractivity contribution in [2.24, 2.45) is 11.8 Å². The highest BCUT2D eigenvalue weighted by Crippen LogP contribution is 2.33. The lowest BCUT2D eigenvalue weighted by atomic mass is 10.1. The molecule has 0 bridgehead atoms. The lowest BCUT2D eigenvalue weighted by Gasteiger charge is -2.14. The van der Waals surface area contributed by atoms with Gasteiger partial charge in [0.1, 0.15) is 0 Å². The van der Waals surface area contributed by atoms with Gasteiger partial charge in [-0.2, -0.15) is 0 Å². The van der Waals surface area contributed by atoms with E-state index in [0.29, 0.717) is 5.56 Å². The molecule has 0 aliphatic heterocycles. The summed E-state index contributed by atoms with van der Waals surface area (Å²) in [7, 11) is 0. The first-order chi connectivity index (χ1) is 8.97. The van der Waals surface area contributed by atoms with Crippen LogP contribution in [0.25, 0.3) is 0 Å². The molecule has 1 aliphatic rings. The molecule has 19 heavy (non-hydrogen) atoms. The van der Waals surface area contributed by atoms with Crippen molar-refractivity contribution in [2.45, 2.75) is 33.1 Å². The molecular formula is C14H19BrN2O2. The summed E-state index contributed by atoms with van der Waals surface area (Å²) in [5, 5.41) is 14.3. The first kappa shape index (κ1) is 14.3. The van der Waals surface area contributed by atoms with Crippen LogP contribution in [0.1, 0.15) is 31.7 Å². The smallest absolute Gasteiger partial charge is 0.273 e. The van der Waals surface area contributed by atoms with E-state index in [0.717, 1.165) is 28.5 Å². The number of rotatable bonds is 4. The van der Waals surface area contributed by atoms with Crippen LogP contribution in [-0.4, -0.2) is 11.5 Å². The van der Waals surface area contributed by atoms with Crippen molar-refractivity contribution >= 4 is 27.3 Å². The average molecular weight is 327 g/mol. The molecule has 104 valence electrons. The van der Waals surface area contributed by atoms with E-state index >= 15 is 0 Å². The number of anilines is 1. The van der Waals surface area contributed by atoms with Gasteiger partial charge in [0.05, 0.1) is 4.92 Å². The first-order valence-corrected chi connectivity index (χ1v) is 7.45. The number of nitro groups is 1. The van der Waals surface area contributed by atoms with E-state index < -0.39 is 0 Å². The third-order valence-electron chi connectivity index (χ3n) is 3.87. The van der Waals surface area contributed by atoms with Gasteiger partial charge in [0.15, 0.2) is 0 Å². The van der Waals surface area contributed by atoms with Crippen LogP contribution in [0.5, 0.6) is 0 Å². The Hall–Kier alpha value is -1.10. The second-order valence-electron chi connectivity index (χ2n) is 5.54. The summed E-state index contributed by atoms with van der Waals surface area (Å²) in [6.07, 6.45) is 3.86. The highest BCUT2D eigenvalue weighted by Gasteiger charge is 2.21. The molecular weight excluding hydrogens is 308 g/mol. The Bertz CT molecular complexity index is 491. The number of hydrogen-bond donors (Lipinski definition) is 1. The second kappa shape index (κ2) is 5.90. The quantitative estimate of drug-likeness (QED) is 0.654. The van der Waals surface area contributed by atoms with Gasteiger partial charge in [0.25, 0.3) is 5.69 Å². The molecule has 2 rings (SSSR count). The first-order valence-electron chi connectivity index (χ1n) is 6.65. The number of benzene rings is 1. The molecule has 1 N–H and O–H groups in total. The SMILES string of the molecule is Cc1cc(NCC2CCC(C)C2)c(Br)cc1[N+](=O)[O-]. The zero-order valence-electron chi connectivity index (χ0n) is 11.3. The summed E-state index contributed by atoms with van der Waals surface area (Å²) in [5.41, 5.74) is 1.80. The predicted molar refractivity (Wildman–Crippen MR) is 80.5 cm³/mol. The topological polar surface area (TPSA) is 55.2 Å². The van der Waals surface area contributed by atoms with Crippen LogP contribution in [0.15, 0.2) is 16.6 Å². The fourth-order valence-corrected chi connectivity index (χ4v) is 3.24. The summed E-state index contributed by atoms with van der Waals surface area (Å²) in [5.74, 6) is 1.55.